The predicted molar refractivity (Wildman–Crippen MR) is 92.0 cm³/mol. The topological polar surface area (TPSA) is 32.3 Å². The second-order valence-electron chi connectivity index (χ2n) is 6.07. The molecule has 2 rings (SSSR count). The highest BCUT2D eigenvalue weighted by molar-refractivity contribution is 6.31. The molecule has 1 aromatic rings. The molecule has 0 unspecified atom stereocenters. The summed E-state index contributed by atoms with van der Waals surface area (Å²) in [7, 11) is 0. The summed E-state index contributed by atoms with van der Waals surface area (Å²) in [4.78, 5) is 15.0. The third-order valence-corrected chi connectivity index (χ3v) is 5.11. The van der Waals surface area contributed by atoms with Crippen molar-refractivity contribution < 1.29 is 4.79 Å². The molecule has 0 aliphatic heterocycles. The van der Waals surface area contributed by atoms with E-state index in [9.17, 15) is 4.79 Å². The van der Waals surface area contributed by atoms with Gasteiger partial charge in [-0.05, 0) is 38.3 Å². The number of rotatable bonds is 6. The van der Waals surface area contributed by atoms with E-state index in [1.807, 2.05) is 43.0 Å². The van der Waals surface area contributed by atoms with Gasteiger partial charge in [0, 0.05) is 24.7 Å². The zero-order valence-corrected chi connectivity index (χ0v) is 14.5. The summed E-state index contributed by atoms with van der Waals surface area (Å²) in [5, 5.41) is 4.33. The van der Waals surface area contributed by atoms with Crippen LogP contribution in [0.3, 0.4) is 0 Å². The molecule has 1 aliphatic carbocycles. The van der Waals surface area contributed by atoms with Crippen molar-refractivity contribution in [2.45, 2.75) is 58.0 Å². The number of hydrogen-bond donors (Lipinski definition) is 1. The number of amides is 1. The van der Waals surface area contributed by atoms with E-state index in [1.54, 1.807) is 0 Å². The maximum atomic E-state index is 13.0. The van der Waals surface area contributed by atoms with Crippen LogP contribution < -0.4 is 5.32 Å². The second kappa shape index (κ2) is 7.98. The molecular weight excluding hydrogens is 296 g/mol. The van der Waals surface area contributed by atoms with Gasteiger partial charge in [-0.25, -0.2) is 0 Å². The van der Waals surface area contributed by atoms with E-state index >= 15 is 0 Å². The first-order valence-electron chi connectivity index (χ1n) is 8.40. The Hall–Kier alpha value is -1.06. The van der Waals surface area contributed by atoms with Gasteiger partial charge in [0.05, 0.1) is 5.54 Å². The summed E-state index contributed by atoms with van der Waals surface area (Å²) >= 11 is 6.25. The second-order valence-corrected chi connectivity index (χ2v) is 6.47. The first-order valence-corrected chi connectivity index (χ1v) is 8.78. The fraction of sp³-hybridized carbons (Fsp3) is 0.611. The summed E-state index contributed by atoms with van der Waals surface area (Å²) in [6.07, 6.45) is 5.30. The summed E-state index contributed by atoms with van der Waals surface area (Å²) < 4.78 is 0. The first kappa shape index (κ1) is 17.3. The number of hydrogen-bond acceptors (Lipinski definition) is 2. The Labute approximate surface area is 139 Å². The van der Waals surface area contributed by atoms with Crippen LogP contribution in [0.15, 0.2) is 24.3 Å². The number of nitrogens with one attached hydrogen (secondary N) is 1. The Morgan fingerprint density at radius 2 is 1.82 bits per heavy atom. The molecule has 22 heavy (non-hydrogen) atoms. The van der Waals surface area contributed by atoms with E-state index in [0.717, 1.165) is 49.4 Å². The van der Waals surface area contributed by atoms with Crippen LogP contribution in [-0.2, 0) is 11.3 Å². The number of nitrogens with zero attached hydrogens (tertiary/aromatic N) is 1. The lowest BCUT2D eigenvalue weighted by Crippen LogP contribution is -2.58. The third kappa shape index (κ3) is 3.82. The number of carbonyl (C=O) groups is 1. The van der Waals surface area contributed by atoms with Crippen molar-refractivity contribution in [2.75, 3.05) is 13.1 Å². The number of halogens is 1. The molecule has 0 atom stereocenters. The molecule has 122 valence electrons. The van der Waals surface area contributed by atoms with Crippen molar-refractivity contribution in [3.63, 3.8) is 0 Å². The van der Waals surface area contributed by atoms with Crippen molar-refractivity contribution in [1.82, 2.24) is 10.2 Å². The number of carbonyl (C=O) groups excluding carboxylic acids is 1. The highest BCUT2D eigenvalue weighted by Gasteiger charge is 2.40. The van der Waals surface area contributed by atoms with Crippen LogP contribution in [0.5, 0.6) is 0 Å². The largest absolute Gasteiger partial charge is 0.342 e. The average molecular weight is 323 g/mol. The molecule has 0 saturated heterocycles. The Morgan fingerprint density at radius 3 is 2.41 bits per heavy atom. The molecule has 0 spiro atoms. The van der Waals surface area contributed by atoms with Gasteiger partial charge in [-0.1, -0.05) is 49.1 Å². The minimum absolute atomic E-state index is 0.254. The zero-order chi connectivity index (χ0) is 16.0. The number of likely N-dealkylation sites (N-methyl/N-ethyl adjacent to an activating group) is 1. The standard InChI is InChI=1S/C18H27ClN2O/c1-3-21(4-2)17(22)18(12-8-5-9-13-18)20-14-15-10-6-7-11-16(15)19/h6-7,10-11,20H,3-5,8-9,12-14H2,1-2H3. The summed E-state index contributed by atoms with van der Waals surface area (Å²) in [5.41, 5.74) is 0.644. The van der Waals surface area contributed by atoms with Crippen molar-refractivity contribution in [3.05, 3.63) is 34.9 Å². The van der Waals surface area contributed by atoms with Gasteiger partial charge in [-0.3, -0.25) is 10.1 Å². The predicted octanol–water partition coefficient (Wildman–Crippen LogP) is 4.00. The van der Waals surface area contributed by atoms with Gasteiger partial charge < -0.3 is 4.90 Å². The Morgan fingerprint density at radius 1 is 1.18 bits per heavy atom. The maximum absolute atomic E-state index is 13.0. The molecule has 1 aliphatic rings. The lowest BCUT2D eigenvalue weighted by atomic mass is 9.80. The van der Waals surface area contributed by atoms with Crippen molar-refractivity contribution in [2.24, 2.45) is 0 Å². The van der Waals surface area contributed by atoms with Gasteiger partial charge in [0.2, 0.25) is 5.91 Å². The van der Waals surface area contributed by atoms with Crippen molar-refractivity contribution in [1.29, 1.82) is 0 Å². The fourth-order valence-corrected chi connectivity index (χ4v) is 3.54. The maximum Gasteiger partial charge on any atom is 0.242 e. The van der Waals surface area contributed by atoms with E-state index in [1.165, 1.54) is 6.42 Å². The lowest BCUT2D eigenvalue weighted by Gasteiger charge is -2.40. The van der Waals surface area contributed by atoms with Crippen LogP contribution in [-0.4, -0.2) is 29.4 Å². The molecule has 1 N–H and O–H groups in total. The number of benzene rings is 1. The van der Waals surface area contributed by atoms with Crippen LogP contribution in [0.2, 0.25) is 5.02 Å². The molecule has 1 aromatic carbocycles. The average Bonchev–Trinajstić information content (AvgIpc) is 2.56. The van der Waals surface area contributed by atoms with E-state index in [-0.39, 0.29) is 5.91 Å². The highest BCUT2D eigenvalue weighted by Crippen LogP contribution is 2.31. The highest BCUT2D eigenvalue weighted by atomic mass is 35.5. The molecule has 0 aromatic heterocycles. The van der Waals surface area contributed by atoms with Crippen molar-refractivity contribution >= 4 is 17.5 Å². The van der Waals surface area contributed by atoms with Gasteiger partial charge >= 0.3 is 0 Å². The summed E-state index contributed by atoms with van der Waals surface area (Å²) in [6, 6.07) is 7.85. The molecule has 4 heteroatoms. The van der Waals surface area contributed by atoms with Crippen LogP contribution >= 0.6 is 11.6 Å². The molecular formula is C18H27ClN2O. The molecule has 1 amide bonds. The molecule has 0 heterocycles. The Kier molecular flexibility index (Phi) is 6.27. The molecule has 3 nitrogen and oxygen atoms in total. The first-order chi connectivity index (χ1) is 10.6. The van der Waals surface area contributed by atoms with Gasteiger partial charge in [0.25, 0.3) is 0 Å². The smallest absolute Gasteiger partial charge is 0.242 e. The molecule has 1 fully saturated rings. The van der Waals surface area contributed by atoms with Gasteiger partial charge in [-0.15, -0.1) is 0 Å². The lowest BCUT2D eigenvalue weighted by molar-refractivity contribution is -0.139. The molecule has 1 saturated carbocycles. The van der Waals surface area contributed by atoms with E-state index < -0.39 is 5.54 Å². The van der Waals surface area contributed by atoms with E-state index in [0.29, 0.717) is 6.54 Å². The van der Waals surface area contributed by atoms with Crippen LogP contribution in [0.25, 0.3) is 0 Å². The van der Waals surface area contributed by atoms with Crippen LogP contribution in [0, 0.1) is 0 Å². The molecule has 0 radical (unpaired) electrons. The summed E-state index contributed by atoms with van der Waals surface area (Å²) in [5.74, 6) is 0.254. The van der Waals surface area contributed by atoms with Crippen molar-refractivity contribution in [3.8, 4) is 0 Å². The fourth-order valence-electron chi connectivity index (χ4n) is 3.34. The monoisotopic (exact) mass is 322 g/mol. The third-order valence-electron chi connectivity index (χ3n) is 4.74. The summed E-state index contributed by atoms with van der Waals surface area (Å²) in [6.45, 7) is 6.28. The SMILES string of the molecule is CCN(CC)C(=O)C1(NCc2ccccc2Cl)CCCCC1. The minimum Gasteiger partial charge on any atom is -0.342 e. The quantitative estimate of drug-likeness (QED) is 0.858. The van der Waals surface area contributed by atoms with Gasteiger partial charge in [0.15, 0.2) is 0 Å². The van der Waals surface area contributed by atoms with Crippen LogP contribution in [0.4, 0.5) is 0 Å². The van der Waals surface area contributed by atoms with Gasteiger partial charge in [-0.2, -0.15) is 0 Å². The van der Waals surface area contributed by atoms with Crippen LogP contribution in [0.1, 0.15) is 51.5 Å². The zero-order valence-electron chi connectivity index (χ0n) is 13.7. The van der Waals surface area contributed by atoms with Gasteiger partial charge in [0.1, 0.15) is 0 Å². The minimum atomic E-state index is -0.413. The normalized spacial score (nSPS) is 17.2. The van der Waals surface area contributed by atoms with E-state index in [2.05, 4.69) is 5.32 Å². The Bertz CT molecular complexity index is 494. The van der Waals surface area contributed by atoms with E-state index in [4.69, 9.17) is 11.6 Å². The Balaban J connectivity index is 2.15. The molecule has 0 bridgehead atoms.